The molecule has 2 aromatic rings. The molecule has 21 heavy (non-hydrogen) atoms. The highest BCUT2D eigenvalue weighted by atomic mass is 79.9. The molecule has 0 aromatic heterocycles. The summed E-state index contributed by atoms with van der Waals surface area (Å²) in [4.78, 5) is 0.897. The van der Waals surface area contributed by atoms with E-state index in [1.54, 1.807) is 6.07 Å². The van der Waals surface area contributed by atoms with Gasteiger partial charge in [0.05, 0.1) is 4.47 Å². The molecule has 0 saturated heterocycles. The zero-order chi connectivity index (χ0) is 15.4. The van der Waals surface area contributed by atoms with E-state index in [0.717, 1.165) is 4.90 Å². The van der Waals surface area contributed by atoms with E-state index in [2.05, 4.69) is 21.1 Å². The zero-order valence-corrected chi connectivity index (χ0v) is 13.4. The fourth-order valence-corrected chi connectivity index (χ4v) is 2.74. The number of para-hydroxylation sites is 1. The molecule has 0 radical (unpaired) electrons. The van der Waals surface area contributed by atoms with Crippen molar-refractivity contribution >= 4 is 33.5 Å². The number of halogens is 2. The first-order chi connectivity index (χ1) is 10.1. The van der Waals surface area contributed by atoms with E-state index >= 15 is 0 Å². The van der Waals surface area contributed by atoms with Crippen molar-refractivity contribution in [1.82, 2.24) is 0 Å². The molecule has 0 aliphatic heterocycles. The first-order valence-electron chi connectivity index (χ1n) is 5.85. The number of hydrogen-bond donors (Lipinski definition) is 2. The maximum Gasteiger partial charge on any atom is 0.180 e. The molecule has 0 spiro atoms. The summed E-state index contributed by atoms with van der Waals surface area (Å²) in [6, 6.07) is 10.3. The fourth-order valence-electron chi connectivity index (χ4n) is 1.68. The minimum absolute atomic E-state index is 0.0536. The molecule has 0 amide bonds. The summed E-state index contributed by atoms with van der Waals surface area (Å²) >= 11 is 4.59. The molecule has 0 aliphatic carbocycles. The maximum absolute atomic E-state index is 14.3. The van der Waals surface area contributed by atoms with Crippen LogP contribution in [0.2, 0.25) is 0 Å². The van der Waals surface area contributed by atoms with Gasteiger partial charge in [0.15, 0.2) is 17.4 Å². The van der Waals surface area contributed by atoms with Gasteiger partial charge in [0.25, 0.3) is 0 Å². The number of nitrogens with two attached hydrogens (primary N) is 1. The van der Waals surface area contributed by atoms with Crippen LogP contribution in [0, 0.1) is 5.82 Å². The summed E-state index contributed by atoms with van der Waals surface area (Å²) in [7, 11) is 0. The van der Waals surface area contributed by atoms with Gasteiger partial charge in [-0.3, -0.25) is 0 Å². The van der Waals surface area contributed by atoms with Gasteiger partial charge in [-0.2, -0.15) is 0 Å². The molecular formula is C14H12BrFN2O2S. The Morgan fingerprint density at radius 3 is 2.67 bits per heavy atom. The molecule has 0 aliphatic rings. The zero-order valence-electron chi connectivity index (χ0n) is 11.0. The number of rotatable bonds is 4. The van der Waals surface area contributed by atoms with E-state index in [9.17, 15) is 4.39 Å². The van der Waals surface area contributed by atoms with Gasteiger partial charge in [0.2, 0.25) is 0 Å². The molecule has 2 rings (SSSR count). The third-order valence-electron chi connectivity index (χ3n) is 2.72. The first-order valence-corrected chi connectivity index (χ1v) is 7.87. The van der Waals surface area contributed by atoms with Crippen LogP contribution in [0.1, 0.15) is 5.56 Å². The van der Waals surface area contributed by atoms with E-state index in [1.165, 1.54) is 23.9 Å². The largest absolute Gasteiger partial charge is 0.453 e. The van der Waals surface area contributed by atoms with Gasteiger partial charge in [-0.15, -0.1) is 11.8 Å². The van der Waals surface area contributed by atoms with Crippen LogP contribution in [-0.4, -0.2) is 17.3 Å². The average Bonchev–Trinajstić information content (AvgIpc) is 2.51. The standard InChI is InChI=1S/C14H12BrFN2O2S/c1-21-11-5-3-2-4-9(11)20-10-7-6-8(14(17)18-19)12(15)13(10)16/h2-7,19H,1H3,(H2,17,18). The molecule has 3 N–H and O–H groups in total. The average molecular weight is 371 g/mol. The molecule has 4 nitrogen and oxygen atoms in total. The predicted octanol–water partition coefficient (Wildman–Crippen LogP) is 4.20. The third kappa shape index (κ3) is 3.30. The van der Waals surface area contributed by atoms with Crippen LogP contribution in [-0.2, 0) is 0 Å². The van der Waals surface area contributed by atoms with Crippen molar-refractivity contribution in [2.75, 3.05) is 6.26 Å². The molecule has 0 heterocycles. The van der Waals surface area contributed by atoms with Gasteiger partial charge < -0.3 is 15.7 Å². The number of oxime groups is 1. The Kier molecular flexibility index (Phi) is 5.08. The fraction of sp³-hybridized carbons (Fsp3) is 0.0714. The quantitative estimate of drug-likeness (QED) is 0.278. The number of thioether (sulfide) groups is 1. The summed E-state index contributed by atoms with van der Waals surface area (Å²) < 4.78 is 20.0. The normalized spacial score (nSPS) is 11.5. The van der Waals surface area contributed by atoms with Gasteiger partial charge in [-0.1, -0.05) is 17.3 Å². The van der Waals surface area contributed by atoms with E-state index < -0.39 is 5.82 Å². The minimum atomic E-state index is -0.616. The Balaban J connectivity index is 2.40. The second kappa shape index (κ2) is 6.82. The Labute approximate surface area is 133 Å². The van der Waals surface area contributed by atoms with Crippen molar-refractivity contribution in [3.8, 4) is 11.5 Å². The topological polar surface area (TPSA) is 67.8 Å². The summed E-state index contributed by atoms with van der Waals surface area (Å²) in [6.07, 6.45) is 1.91. The molecule has 0 fully saturated rings. The molecule has 0 saturated carbocycles. The van der Waals surface area contributed by atoms with Crippen LogP contribution in [0.25, 0.3) is 0 Å². The number of nitrogens with zero attached hydrogens (tertiary/aromatic N) is 1. The Morgan fingerprint density at radius 2 is 2.00 bits per heavy atom. The van der Waals surface area contributed by atoms with Gasteiger partial charge in [0.1, 0.15) is 5.75 Å². The smallest absolute Gasteiger partial charge is 0.180 e. The van der Waals surface area contributed by atoms with Crippen LogP contribution in [0.5, 0.6) is 11.5 Å². The first kappa shape index (κ1) is 15.7. The Morgan fingerprint density at radius 1 is 1.29 bits per heavy atom. The lowest BCUT2D eigenvalue weighted by atomic mass is 10.2. The number of amidine groups is 1. The molecular weight excluding hydrogens is 359 g/mol. The molecule has 0 atom stereocenters. The van der Waals surface area contributed by atoms with E-state index in [4.69, 9.17) is 15.7 Å². The van der Waals surface area contributed by atoms with Crippen molar-refractivity contribution in [2.24, 2.45) is 10.9 Å². The second-order valence-corrected chi connectivity index (χ2v) is 5.62. The van der Waals surface area contributed by atoms with E-state index in [0.29, 0.717) is 5.75 Å². The summed E-state index contributed by atoms with van der Waals surface area (Å²) in [6.45, 7) is 0. The van der Waals surface area contributed by atoms with Crippen LogP contribution in [0.3, 0.4) is 0 Å². The van der Waals surface area contributed by atoms with Crippen molar-refractivity contribution < 1.29 is 14.3 Å². The van der Waals surface area contributed by atoms with Crippen molar-refractivity contribution in [1.29, 1.82) is 0 Å². The Hall–Kier alpha value is -1.73. The Bertz CT molecular complexity index is 695. The molecule has 7 heteroatoms. The highest BCUT2D eigenvalue weighted by Gasteiger charge is 2.16. The van der Waals surface area contributed by atoms with Gasteiger partial charge >= 0.3 is 0 Å². The van der Waals surface area contributed by atoms with Gasteiger partial charge in [-0.05, 0) is 46.5 Å². The van der Waals surface area contributed by atoms with Gasteiger partial charge in [0, 0.05) is 10.5 Å². The molecule has 0 bridgehead atoms. The van der Waals surface area contributed by atoms with Crippen LogP contribution >= 0.6 is 27.7 Å². The number of ether oxygens (including phenoxy) is 1. The number of hydrogen-bond acceptors (Lipinski definition) is 4. The molecule has 2 aromatic carbocycles. The van der Waals surface area contributed by atoms with Crippen molar-refractivity contribution in [3.05, 3.63) is 52.3 Å². The minimum Gasteiger partial charge on any atom is -0.453 e. The summed E-state index contributed by atoms with van der Waals surface area (Å²) in [5, 5.41) is 11.5. The predicted molar refractivity (Wildman–Crippen MR) is 84.9 cm³/mol. The lowest BCUT2D eigenvalue weighted by Gasteiger charge is -2.12. The molecule has 110 valence electrons. The number of benzene rings is 2. The molecule has 0 unspecified atom stereocenters. The highest BCUT2D eigenvalue weighted by Crippen LogP contribution is 2.35. The van der Waals surface area contributed by atoms with Crippen LogP contribution < -0.4 is 10.5 Å². The van der Waals surface area contributed by atoms with Gasteiger partial charge in [-0.25, -0.2) is 4.39 Å². The van der Waals surface area contributed by atoms with E-state index in [-0.39, 0.29) is 21.6 Å². The van der Waals surface area contributed by atoms with Crippen LogP contribution in [0.15, 0.2) is 50.9 Å². The van der Waals surface area contributed by atoms with Crippen molar-refractivity contribution in [3.63, 3.8) is 0 Å². The monoisotopic (exact) mass is 370 g/mol. The SMILES string of the molecule is CSc1ccccc1Oc1ccc(/C(N)=N/O)c(Br)c1F. The summed E-state index contributed by atoms with van der Waals surface area (Å²) in [5.74, 6) is -0.183. The lowest BCUT2D eigenvalue weighted by Crippen LogP contribution is -2.14. The lowest BCUT2D eigenvalue weighted by molar-refractivity contribution is 0.318. The van der Waals surface area contributed by atoms with E-state index in [1.807, 2.05) is 24.5 Å². The second-order valence-electron chi connectivity index (χ2n) is 3.98. The van der Waals surface area contributed by atoms with Crippen LogP contribution in [0.4, 0.5) is 4.39 Å². The highest BCUT2D eigenvalue weighted by molar-refractivity contribution is 9.10. The maximum atomic E-state index is 14.3. The van der Waals surface area contributed by atoms with Crippen molar-refractivity contribution in [2.45, 2.75) is 4.90 Å². The third-order valence-corrected chi connectivity index (χ3v) is 4.27. The summed E-state index contributed by atoms with van der Waals surface area (Å²) in [5.41, 5.74) is 5.72.